The van der Waals surface area contributed by atoms with Gasteiger partial charge >= 0.3 is 0 Å². The molecule has 21 heavy (non-hydrogen) atoms. The van der Waals surface area contributed by atoms with Crippen molar-refractivity contribution in [3.8, 4) is 0 Å². The van der Waals surface area contributed by atoms with E-state index >= 15 is 0 Å². The number of carbonyl (C=O) groups excluding carboxylic acids is 1. The summed E-state index contributed by atoms with van der Waals surface area (Å²) in [5.41, 5.74) is 9.94. The normalized spacial score (nSPS) is 10.2. The SMILES string of the molecule is Cc1ccc(C)c(C(=O)N(C)c2ccc(C(N)=S)cc2)c1. The summed E-state index contributed by atoms with van der Waals surface area (Å²) in [4.78, 5) is 14.6. The summed E-state index contributed by atoms with van der Waals surface area (Å²) in [7, 11) is 1.76. The highest BCUT2D eigenvalue weighted by Crippen LogP contribution is 2.19. The molecule has 0 aliphatic heterocycles. The first-order valence-corrected chi connectivity index (χ1v) is 7.06. The average molecular weight is 298 g/mol. The van der Waals surface area contributed by atoms with Crippen LogP contribution in [0, 0.1) is 13.8 Å². The van der Waals surface area contributed by atoms with Gasteiger partial charge in [-0.3, -0.25) is 4.79 Å². The fourth-order valence-electron chi connectivity index (χ4n) is 2.11. The Balaban J connectivity index is 2.30. The molecule has 2 aromatic carbocycles. The van der Waals surface area contributed by atoms with Crippen LogP contribution < -0.4 is 10.6 Å². The molecule has 2 rings (SSSR count). The molecule has 0 fully saturated rings. The monoisotopic (exact) mass is 298 g/mol. The van der Waals surface area contributed by atoms with Crippen LogP contribution in [0.15, 0.2) is 42.5 Å². The highest BCUT2D eigenvalue weighted by atomic mass is 32.1. The quantitative estimate of drug-likeness (QED) is 0.885. The van der Waals surface area contributed by atoms with Crippen molar-refractivity contribution in [1.29, 1.82) is 0 Å². The standard InChI is InChI=1S/C17H18N2OS/c1-11-4-5-12(2)15(10-11)17(20)19(3)14-8-6-13(7-9-14)16(18)21/h4-10H,1-3H3,(H2,18,21). The first-order valence-electron chi connectivity index (χ1n) is 6.65. The molecule has 2 N–H and O–H groups in total. The first kappa shape index (κ1) is 15.2. The van der Waals surface area contributed by atoms with Gasteiger partial charge in [-0.1, -0.05) is 29.9 Å². The summed E-state index contributed by atoms with van der Waals surface area (Å²) in [6.07, 6.45) is 0. The predicted molar refractivity (Wildman–Crippen MR) is 91.0 cm³/mol. The van der Waals surface area contributed by atoms with E-state index in [1.54, 1.807) is 11.9 Å². The second-order valence-electron chi connectivity index (χ2n) is 5.09. The molecule has 0 unspecified atom stereocenters. The third-order valence-electron chi connectivity index (χ3n) is 3.47. The Morgan fingerprint density at radius 3 is 2.29 bits per heavy atom. The predicted octanol–water partition coefficient (Wildman–Crippen LogP) is 3.21. The molecule has 0 saturated carbocycles. The van der Waals surface area contributed by atoms with Crippen LogP contribution in [0.2, 0.25) is 0 Å². The van der Waals surface area contributed by atoms with E-state index < -0.39 is 0 Å². The van der Waals surface area contributed by atoms with E-state index in [-0.39, 0.29) is 5.91 Å². The van der Waals surface area contributed by atoms with Crippen LogP contribution in [0.3, 0.4) is 0 Å². The maximum atomic E-state index is 12.6. The number of aryl methyl sites for hydroxylation is 2. The number of anilines is 1. The van der Waals surface area contributed by atoms with E-state index in [0.717, 1.165) is 27.9 Å². The molecular formula is C17H18N2OS. The van der Waals surface area contributed by atoms with Crippen LogP contribution in [0.5, 0.6) is 0 Å². The van der Waals surface area contributed by atoms with E-state index in [1.165, 1.54) is 0 Å². The Kier molecular flexibility index (Phi) is 4.38. The molecular weight excluding hydrogens is 280 g/mol. The molecule has 0 aliphatic carbocycles. The summed E-state index contributed by atoms with van der Waals surface area (Å²) in [5.74, 6) is -0.0284. The third-order valence-corrected chi connectivity index (χ3v) is 3.70. The van der Waals surface area contributed by atoms with Gasteiger partial charge in [0.2, 0.25) is 0 Å². The van der Waals surface area contributed by atoms with Crippen molar-refractivity contribution < 1.29 is 4.79 Å². The Morgan fingerprint density at radius 2 is 1.71 bits per heavy atom. The molecule has 2 aromatic rings. The third kappa shape index (κ3) is 3.28. The van der Waals surface area contributed by atoms with Gasteiger partial charge in [0.1, 0.15) is 4.99 Å². The van der Waals surface area contributed by atoms with Crippen LogP contribution >= 0.6 is 12.2 Å². The van der Waals surface area contributed by atoms with Gasteiger partial charge in [-0.2, -0.15) is 0 Å². The number of nitrogens with two attached hydrogens (primary N) is 1. The highest BCUT2D eigenvalue weighted by molar-refractivity contribution is 7.80. The summed E-state index contributed by atoms with van der Waals surface area (Å²) >= 11 is 4.93. The maximum Gasteiger partial charge on any atom is 0.258 e. The fraction of sp³-hybridized carbons (Fsp3) is 0.176. The lowest BCUT2D eigenvalue weighted by atomic mass is 10.0. The van der Waals surface area contributed by atoms with Gasteiger partial charge in [0.05, 0.1) is 0 Å². The van der Waals surface area contributed by atoms with Crippen molar-refractivity contribution >= 4 is 28.8 Å². The Bertz CT molecular complexity index is 692. The molecule has 0 atom stereocenters. The summed E-state index contributed by atoms with van der Waals surface area (Å²) < 4.78 is 0. The second-order valence-corrected chi connectivity index (χ2v) is 5.53. The molecule has 0 saturated heterocycles. The lowest BCUT2D eigenvalue weighted by Gasteiger charge is -2.19. The average Bonchev–Trinajstić information content (AvgIpc) is 2.48. The van der Waals surface area contributed by atoms with Crippen LogP contribution in [-0.4, -0.2) is 17.9 Å². The Hall–Kier alpha value is -2.20. The van der Waals surface area contributed by atoms with Crippen molar-refractivity contribution in [1.82, 2.24) is 0 Å². The largest absolute Gasteiger partial charge is 0.389 e. The molecule has 3 nitrogen and oxygen atoms in total. The van der Waals surface area contributed by atoms with Crippen molar-refractivity contribution in [2.45, 2.75) is 13.8 Å². The minimum atomic E-state index is -0.0284. The van der Waals surface area contributed by atoms with E-state index in [2.05, 4.69) is 0 Å². The minimum Gasteiger partial charge on any atom is -0.389 e. The molecule has 108 valence electrons. The smallest absolute Gasteiger partial charge is 0.258 e. The van der Waals surface area contributed by atoms with Gasteiger partial charge in [-0.05, 0) is 49.7 Å². The van der Waals surface area contributed by atoms with E-state index in [0.29, 0.717) is 4.99 Å². The molecule has 4 heteroatoms. The Morgan fingerprint density at radius 1 is 1.10 bits per heavy atom. The van der Waals surface area contributed by atoms with Gasteiger partial charge in [0.15, 0.2) is 0 Å². The van der Waals surface area contributed by atoms with Crippen LogP contribution in [0.25, 0.3) is 0 Å². The van der Waals surface area contributed by atoms with Crippen molar-refractivity contribution in [2.24, 2.45) is 5.73 Å². The number of nitrogens with zero attached hydrogens (tertiary/aromatic N) is 1. The first-order chi connectivity index (χ1) is 9.90. The van der Waals surface area contributed by atoms with E-state index in [9.17, 15) is 4.79 Å². The summed E-state index contributed by atoms with van der Waals surface area (Å²) in [5, 5.41) is 0. The second kappa shape index (κ2) is 6.06. The molecule has 0 spiro atoms. The topological polar surface area (TPSA) is 46.3 Å². The van der Waals surface area contributed by atoms with Gasteiger partial charge in [-0.25, -0.2) is 0 Å². The number of hydrogen-bond acceptors (Lipinski definition) is 2. The fourth-order valence-corrected chi connectivity index (χ4v) is 2.25. The van der Waals surface area contributed by atoms with Crippen molar-refractivity contribution in [2.75, 3.05) is 11.9 Å². The van der Waals surface area contributed by atoms with E-state index in [4.69, 9.17) is 18.0 Å². The van der Waals surface area contributed by atoms with Crippen LogP contribution in [0.4, 0.5) is 5.69 Å². The zero-order chi connectivity index (χ0) is 15.6. The van der Waals surface area contributed by atoms with Crippen LogP contribution in [-0.2, 0) is 0 Å². The molecule has 1 amide bonds. The summed E-state index contributed by atoms with van der Waals surface area (Å²) in [6.45, 7) is 3.92. The maximum absolute atomic E-state index is 12.6. The summed E-state index contributed by atoms with van der Waals surface area (Å²) in [6, 6.07) is 13.2. The molecule has 0 aromatic heterocycles. The Labute approximate surface area is 130 Å². The number of amides is 1. The van der Waals surface area contributed by atoms with Crippen LogP contribution in [0.1, 0.15) is 27.0 Å². The highest BCUT2D eigenvalue weighted by Gasteiger charge is 2.15. The molecule has 0 aliphatic rings. The van der Waals surface area contributed by atoms with Crippen molar-refractivity contribution in [3.63, 3.8) is 0 Å². The number of carbonyl (C=O) groups is 1. The van der Waals surface area contributed by atoms with Gasteiger partial charge < -0.3 is 10.6 Å². The van der Waals surface area contributed by atoms with Crippen molar-refractivity contribution in [3.05, 3.63) is 64.7 Å². The van der Waals surface area contributed by atoms with E-state index in [1.807, 2.05) is 56.3 Å². The van der Waals surface area contributed by atoms with Gasteiger partial charge in [-0.15, -0.1) is 0 Å². The number of rotatable bonds is 3. The zero-order valence-corrected chi connectivity index (χ0v) is 13.2. The zero-order valence-electron chi connectivity index (χ0n) is 12.4. The minimum absolute atomic E-state index is 0.0284. The molecule has 0 heterocycles. The van der Waals surface area contributed by atoms with Gasteiger partial charge in [0, 0.05) is 23.9 Å². The molecule has 0 bridgehead atoms. The number of benzene rings is 2. The molecule has 0 radical (unpaired) electrons. The number of thiocarbonyl (C=S) groups is 1. The number of hydrogen-bond donors (Lipinski definition) is 1. The lowest BCUT2D eigenvalue weighted by molar-refractivity contribution is 0.0992. The lowest BCUT2D eigenvalue weighted by Crippen LogP contribution is -2.27. The van der Waals surface area contributed by atoms with Gasteiger partial charge in [0.25, 0.3) is 5.91 Å².